The zero-order valence-corrected chi connectivity index (χ0v) is 11.1. The Hall–Kier alpha value is -2.75. The van der Waals surface area contributed by atoms with Crippen LogP contribution in [0.25, 0.3) is 10.8 Å². The molecule has 0 spiro atoms. The summed E-state index contributed by atoms with van der Waals surface area (Å²) in [5.74, 6) is 0.603. The molecule has 0 fully saturated rings. The highest BCUT2D eigenvalue weighted by Crippen LogP contribution is 2.31. The summed E-state index contributed by atoms with van der Waals surface area (Å²) in [6, 6.07) is 15.4. The summed E-state index contributed by atoms with van der Waals surface area (Å²) in [5.41, 5.74) is 8.61. The van der Waals surface area contributed by atoms with Gasteiger partial charge in [-0.1, -0.05) is 24.3 Å². The van der Waals surface area contributed by atoms with Crippen LogP contribution in [0.15, 0.2) is 65.0 Å². The second-order valence-corrected chi connectivity index (χ2v) is 4.61. The fraction of sp³-hybridized carbons (Fsp3) is 0.0625. The fourth-order valence-corrected chi connectivity index (χ4v) is 2.07. The number of nitrogens with two attached hydrogens (primary N) is 1. The number of hydrogen-bond acceptors (Lipinski definition) is 4. The largest absolute Gasteiger partial charge is 0.398 e. The van der Waals surface area contributed by atoms with Crippen LogP contribution in [0, 0.1) is 6.92 Å². The minimum absolute atomic E-state index is 0.603. The molecule has 0 unspecified atom stereocenters. The van der Waals surface area contributed by atoms with Crippen molar-refractivity contribution in [2.75, 3.05) is 5.73 Å². The molecule has 98 valence electrons. The molecule has 0 saturated carbocycles. The normalized spacial score (nSPS) is 11.2. The summed E-state index contributed by atoms with van der Waals surface area (Å²) in [7, 11) is 0. The zero-order valence-electron chi connectivity index (χ0n) is 11.1. The summed E-state index contributed by atoms with van der Waals surface area (Å²) in [6.45, 7) is 2.00. The lowest BCUT2D eigenvalue weighted by Gasteiger charge is -2.04. The van der Waals surface area contributed by atoms with E-state index >= 15 is 0 Å². The molecule has 1 aromatic heterocycles. The van der Waals surface area contributed by atoms with E-state index < -0.39 is 0 Å². The van der Waals surface area contributed by atoms with Gasteiger partial charge in [0.25, 0.3) is 0 Å². The maximum atomic E-state index is 5.97. The quantitative estimate of drug-likeness (QED) is 0.544. The van der Waals surface area contributed by atoms with Crippen molar-refractivity contribution in [2.24, 2.45) is 10.2 Å². The van der Waals surface area contributed by atoms with E-state index in [1.54, 1.807) is 6.20 Å². The predicted molar refractivity (Wildman–Crippen MR) is 81.5 cm³/mol. The summed E-state index contributed by atoms with van der Waals surface area (Å²) in [5, 5.41) is 10.5. The van der Waals surface area contributed by atoms with Crippen molar-refractivity contribution in [1.82, 2.24) is 4.98 Å². The summed E-state index contributed by atoms with van der Waals surface area (Å²) < 4.78 is 0. The van der Waals surface area contributed by atoms with Gasteiger partial charge in [0.15, 0.2) is 5.82 Å². The third-order valence-corrected chi connectivity index (χ3v) is 3.10. The van der Waals surface area contributed by atoms with Crippen molar-refractivity contribution in [2.45, 2.75) is 6.92 Å². The van der Waals surface area contributed by atoms with E-state index in [9.17, 15) is 0 Å². The standard InChI is InChI=1S/C16H14N4/c1-11-8-9-18-16(10-11)20-19-15-7-6-14(17)12-4-2-3-5-13(12)15/h2-10H,17H2,1H3/b20-19+. The van der Waals surface area contributed by atoms with Crippen LogP contribution in [0.4, 0.5) is 17.2 Å². The van der Waals surface area contributed by atoms with Gasteiger partial charge >= 0.3 is 0 Å². The Morgan fingerprint density at radius 2 is 1.75 bits per heavy atom. The van der Waals surface area contributed by atoms with Crippen molar-refractivity contribution in [3.63, 3.8) is 0 Å². The molecule has 1 heterocycles. The van der Waals surface area contributed by atoms with Crippen LogP contribution in [0.3, 0.4) is 0 Å². The topological polar surface area (TPSA) is 63.6 Å². The van der Waals surface area contributed by atoms with E-state index in [1.807, 2.05) is 55.5 Å². The van der Waals surface area contributed by atoms with Crippen LogP contribution in [0.5, 0.6) is 0 Å². The van der Waals surface area contributed by atoms with Crippen molar-refractivity contribution in [3.05, 3.63) is 60.3 Å². The first-order valence-corrected chi connectivity index (χ1v) is 6.36. The zero-order chi connectivity index (χ0) is 13.9. The molecule has 0 bridgehead atoms. The average Bonchev–Trinajstić information content (AvgIpc) is 2.47. The van der Waals surface area contributed by atoms with Crippen molar-refractivity contribution in [3.8, 4) is 0 Å². The molecule has 0 aliphatic rings. The first-order valence-electron chi connectivity index (χ1n) is 6.36. The number of hydrogen-bond donors (Lipinski definition) is 1. The first-order chi connectivity index (χ1) is 9.74. The number of benzene rings is 2. The van der Waals surface area contributed by atoms with Crippen molar-refractivity contribution >= 4 is 28.0 Å². The Kier molecular flexibility index (Phi) is 3.13. The number of azo groups is 1. The van der Waals surface area contributed by atoms with Gasteiger partial charge in [0.1, 0.15) is 0 Å². The number of aromatic nitrogens is 1. The Labute approximate surface area is 117 Å². The number of anilines is 1. The molecule has 3 rings (SSSR count). The molecule has 0 atom stereocenters. The lowest BCUT2D eigenvalue weighted by atomic mass is 10.1. The number of nitrogen functional groups attached to an aromatic ring is 1. The van der Waals surface area contributed by atoms with E-state index in [-0.39, 0.29) is 0 Å². The third-order valence-electron chi connectivity index (χ3n) is 3.10. The number of nitrogens with zero attached hydrogens (tertiary/aromatic N) is 3. The molecule has 20 heavy (non-hydrogen) atoms. The molecule has 4 nitrogen and oxygen atoms in total. The van der Waals surface area contributed by atoms with Gasteiger partial charge in [-0.3, -0.25) is 0 Å². The lowest BCUT2D eigenvalue weighted by molar-refractivity contribution is 1.15. The Bertz CT molecular complexity index is 793. The summed E-state index contributed by atoms with van der Waals surface area (Å²) in [6.07, 6.45) is 1.73. The molecule has 0 saturated heterocycles. The minimum Gasteiger partial charge on any atom is -0.398 e. The molecule has 0 radical (unpaired) electrons. The fourth-order valence-electron chi connectivity index (χ4n) is 2.07. The van der Waals surface area contributed by atoms with Gasteiger partial charge in [0.05, 0.1) is 5.69 Å². The Morgan fingerprint density at radius 1 is 0.950 bits per heavy atom. The highest BCUT2D eigenvalue weighted by Gasteiger charge is 2.02. The van der Waals surface area contributed by atoms with Gasteiger partial charge in [-0.15, -0.1) is 10.2 Å². The first kappa shape index (κ1) is 12.3. The molecule has 0 aliphatic heterocycles. The molecule has 3 aromatic rings. The van der Waals surface area contributed by atoms with Crippen LogP contribution < -0.4 is 5.73 Å². The van der Waals surface area contributed by atoms with Crippen LogP contribution in [0.1, 0.15) is 5.56 Å². The monoisotopic (exact) mass is 262 g/mol. The van der Waals surface area contributed by atoms with Crippen molar-refractivity contribution in [1.29, 1.82) is 0 Å². The molecule has 2 aromatic carbocycles. The average molecular weight is 262 g/mol. The van der Waals surface area contributed by atoms with Gasteiger partial charge < -0.3 is 5.73 Å². The lowest BCUT2D eigenvalue weighted by Crippen LogP contribution is -1.86. The van der Waals surface area contributed by atoms with E-state index in [0.29, 0.717) is 5.82 Å². The second-order valence-electron chi connectivity index (χ2n) is 4.61. The van der Waals surface area contributed by atoms with Crippen LogP contribution >= 0.6 is 0 Å². The number of rotatable bonds is 2. The Morgan fingerprint density at radius 3 is 2.55 bits per heavy atom. The maximum absolute atomic E-state index is 5.97. The predicted octanol–water partition coefficient (Wildman–Crippen LogP) is 4.54. The molecular weight excluding hydrogens is 248 g/mol. The molecule has 4 heteroatoms. The Balaban J connectivity index is 2.05. The number of pyridine rings is 1. The van der Waals surface area contributed by atoms with E-state index in [2.05, 4.69) is 15.2 Å². The van der Waals surface area contributed by atoms with Crippen LogP contribution in [0.2, 0.25) is 0 Å². The smallest absolute Gasteiger partial charge is 0.174 e. The SMILES string of the molecule is Cc1ccnc(/N=N/c2ccc(N)c3ccccc23)c1. The van der Waals surface area contributed by atoms with E-state index in [0.717, 1.165) is 27.7 Å². The molecular formula is C16H14N4. The van der Waals surface area contributed by atoms with Crippen LogP contribution in [-0.2, 0) is 0 Å². The van der Waals surface area contributed by atoms with Gasteiger partial charge in [0, 0.05) is 22.7 Å². The van der Waals surface area contributed by atoms with Gasteiger partial charge in [-0.2, -0.15) is 0 Å². The number of aryl methyl sites for hydroxylation is 1. The second kappa shape index (κ2) is 5.09. The summed E-state index contributed by atoms with van der Waals surface area (Å²) >= 11 is 0. The minimum atomic E-state index is 0.603. The highest BCUT2D eigenvalue weighted by atomic mass is 15.1. The van der Waals surface area contributed by atoms with Crippen molar-refractivity contribution < 1.29 is 0 Å². The van der Waals surface area contributed by atoms with Gasteiger partial charge in [0.2, 0.25) is 0 Å². The van der Waals surface area contributed by atoms with E-state index in [1.165, 1.54) is 0 Å². The molecule has 0 amide bonds. The molecule has 0 aliphatic carbocycles. The summed E-state index contributed by atoms with van der Waals surface area (Å²) in [4.78, 5) is 4.17. The third kappa shape index (κ3) is 2.36. The highest BCUT2D eigenvalue weighted by molar-refractivity contribution is 5.99. The van der Waals surface area contributed by atoms with E-state index in [4.69, 9.17) is 5.73 Å². The number of fused-ring (bicyclic) bond motifs is 1. The maximum Gasteiger partial charge on any atom is 0.174 e. The van der Waals surface area contributed by atoms with Crippen LogP contribution in [-0.4, -0.2) is 4.98 Å². The van der Waals surface area contributed by atoms with Gasteiger partial charge in [-0.25, -0.2) is 4.98 Å². The van der Waals surface area contributed by atoms with Gasteiger partial charge in [-0.05, 0) is 36.8 Å². The molecule has 2 N–H and O–H groups in total.